The number of hydrogen-bond acceptors (Lipinski definition) is 4. The Balaban J connectivity index is 2.48. The number of aromatic nitrogens is 2. The molecule has 0 atom stereocenters. The van der Waals surface area contributed by atoms with Crippen LogP contribution in [-0.2, 0) is 4.79 Å². The Hall–Kier alpha value is -1.36. The highest BCUT2D eigenvalue weighted by molar-refractivity contribution is 6.28. The SMILES string of the molecule is CN1C(=O)CCNc2nc(Cl)ncc21. The second kappa shape index (κ2) is 3.42. The molecule has 0 bridgehead atoms. The zero-order chi connectivity index (χ0) is 10.1. The lowest BCUT2D eigenvalue weighted by Crippen LogP contribution is -2.25. The normalized spacial score (nSPS) is 15.9. The molecule has 74 valence electrons. The van der Waals surface area contributed by atoms with Gasteiger partial charge in [0.2, 0.25) is 11.2 Å². The molecule has 0 aromatic carbocycles. The summed E-state index contributed by atoms with van der Waals surface area (Å²) in [5.41, 5.74) is 0.664. The Morgan fingerprint density at radius 2 is 2.43 bits per heavy atom. The molecule has 1 aliphatic rings. The van der Waals surface area contributed by atoms with Gasteiger partial charge in [-0.25, -0.2) is 4.98 Å². The maximum absolute atomic E-state index is 11.5. The summed E-state index contributed by atoms with van der Waals surface area (Å²) in [6.07, 6.45) is 1.99. The van der Waals surface area contributed by atoms with Crippen LogP contribution in [0.4, 0.5) is 11.5 Å². The van der Waals surface area contributed by atoms with Gasteiger partial charge in [0.25, 0.3) is 0 Å². The van der Waals surface area contributed by atoms with Crippen LogP contribution in [0.15, 0.2) is 6.20 Å². The van der Waals surface area contributed by atoms with Gasteiger partial charge in [-0.05, 0) is 11.6 Å². The van der Waals surface area contributed by atoms with Crippen molar-refractivity contribution in [2.24, 2.45) is 0 Å². The van der Waals surface area contributed by atoms with Gasteiger partial charge in [0.05, 0.1) is 6.20 Å². The first-order chi connectivity index (χ1) is 6.68. The average Bonchev–Trinajstić information content (AvgIpc) is 2.28. The molecule has 0 saturated heterocycles. The predicted octanol–water partition coefficient (Wildman–Crippen LogP) is 0.908. The van der Waals surface area contributed by atoms with Crippen molar-refractivity contribution < 1.29 is 4.79 Å². The molecule has 14 heavy (non-hydrogen) atoms. The second-order valence-corrected chi connectivity index (χ2v) is 3.34. The van der Waals surface area contributed by atoms with E-state index in [2.05, 4.69) is 15.3 Å². The summed E-state index contributed by atoms with van der Waals surface area (Å²) in [7, 11) is 1.70. The number of carbonyl (C=O) groups is 1. The maximum atomic E-state index is 11.5. The Labute approximate surface area is 86.1 Å². The fourth-order valence-electron chi connectivity index (χ4n) is 1.32. The van der Waals surface area contributed by atoms with E-state index in [9.17, 15) is 4.79 Å². The molecule has 6 heteroatoms. The van der Waals surface area contributed by atoms with Gasteiger partial charge < -0.3 is 10.2 Å². The molecule has 1 aliphatic heterocycles. The van der Waals surface area contributed by atoms with E-state index in [0.717, 1.165) is 0 Å². The number of carbonyl (C=O) groups excluding carboxylic acids is 1. The van der Waals surface area contributed by atoms with E-state index in [1.807, 2.05) is 0 Å². The molecule has 1 N–H and O–H groups in total. The number of amides is 1. The van der Waals surface area contributed by atoms with Crippen molar-refractivity contribution in [3.05, 3.63) is 11.5 Å². The van der Waals surface area contributed by atoms with E-state index >= 15 is 0 Å². The van der Waals surface area contributed by atoms with Crippen LogP contribution < -0.4 is 10.2 Å². The number of hydrogen-bond donors (Lipinski definition) is 1. The fourth-order valence-corrected chi connectivity index (χ4v) is 1.45. The topological polar surface area (TPSA) is 58.1 Å². The van der Waals surface area contributed by atoms with Gasteiger partial charge in [0, 0.05) is 20.0 Å². The van der Waals surface area contributed by atoms with Crippen molar-refractivity contribution in [1.82, 2.24) is 9.97 Å². The molecule has 1 amide bonds. The number of anilines is 2. The van der Waals surface area contributed by atoms with Crippen LogP contribution in [-0.4, -0.2) is 29.5 Å². The van der Waals surface area contributed by atoms with Crippen LogP contribution in [0.3, 0.4) is 0 Å². The molecule has 0 radical (unpaired) electrons. The third-order valence-corrected chi connectivity index (χ3v) is 2.29. The van der Waals surface area contributed by atoms with Crippen molar-refractivity contribution in [3.63, 3.8) is 0 Å². The Morgan fingerprint density at radius 3 is 3.21 bits per heavy atom. The fraction of sp³-hybridized carbons (Fsp3) is 0.375. The molecule has 0 spiro atoms. The molecular formula is C8H9ClN4O. The summed E-state index contributed by atoms with van der Waals surface area (Å²) in [6.45, 7) is 0.573. The zero-order valence-electron chi connectivity index (χ0n) is 7.62. The molecule has 2 heterocycles. The molecule has 1 aromatic heterocycles. The lowest BCUT2D eigenvalue weighted by atomic mass is 10.4. The van der Waals surface area contributed by atoms with Crippen molar-refractivity contribution in [3.8, 4) is 0 Å². The minimum absolute atomic E-state index is 0.0437. The summed E-state index contributed by atoms with van der Waals surface area (Å²) >= 11 is 5.65. The largest absolute Gasteiger partial charge is 0.368 e. The molecule has 0 fully saturated rings. The quantitative estimate of drug-likeness (QED) is 0.650. The number of halogens is 1. The van der Waals surface area contributed by atoms with Crippen LogP contribution >= 0.6 is 11.6 Å². The Kier molecular flexibility index (Phi) is 2.25. The van der Waals surface area contributed by atoms with Crippen LogP contribution in [0, 0.1) is 0 Å². The molecule has 0 unspecified atom stereocenters. The Morgan fingerprint density at radius 1 is 1.64 bits per heavy atom. The Bertz CT molecular complexity index is 382. The molecule has 5 nitrogen and oxygen atoms in total. The van der Waals surface area contributed by atoms with E-state index < -0.39 is 0 Å². The lowest BCUT2D eigenvalue weighted by molar-refractivity contribution is -0.118. The van der Waals surface area contributed by atoms with E-state index in [-0.39, 0.29) is 11.2 Å². The summed E-state index contributed by atoms with van der Waals surface area (Å²) in [6, 6.07) is 0. The highest BCUT2D eigenvalue weighted by Gasteiger charge is 2.19. The van der Waals surface area contributed by atoms with Gasteiger partial charge in [0.15, 0.2) is 5.82 Å². The smallest absolute Gasteiger partial charge is 0.228 e. The number of nitrogens with one attached hydrogen (secondary N) is 1. The standard InChI is InChI=1S/C8H9ClN4O/c1-13-5-4-11-8(9)12-7(5)10-3-2-6(13)14/h4H,2-3H2,1H3,(H,10,11,12). The van der Waals surface area contributed by atoms with Gasteiger partial charge in [-0.15, -0.1) is 0 Å². The van der Waals surface area contributed by atoms with Crippen molar-refractivity contribution in [2.45, 2.75) is 6.42 Å². The van der Waals surface area contributed by atoms with Gasteiger partial charge in [-0.1, -0.05) is 0 Å². The second-order valence-electron chi connectivity index (χ2n) is 3.00. The van der Waals surface area contributed by atoms with E-state index in [0.29, 0.717) is 24.5 Å². The minimum Gasteiger partial charge on any atom is -0.368 e. The van der Waals surface area contributed by atoms with Gasteiger partial charge >= 0.3 is 0 Å². The van der Waals surface area contributed by atoms with Crippen LogP contribution in [0.5, 0.6) is 0 Å². The predicted molar refractivity (Wildman–Crippen MR) is 53.6 cm³/mol. The first-order valence-corrected chi connectivity index (χ1v) is 4.59. The van der Waals surface area contributed by atoms with Gasteiger partial charge in [-0.2, -0.15) is 4.98 Å². The third-order valence-electron chi connectivity index (χ3n) is 2.11. The minimum atomic E-state index is 0.0437. The monoisotopic (exact) mass is 212 g/mol. The molecule has 0 saturated carbocycles. The lowest BCUT2D eigenvalue weighted by Gasteiger charge is -2.15. The molecule has 1 aromatic rings. The van der Waals surface area contributed by atoms with Crippen molar-refractivity contribution >= 4 is 29.0 Å². The van der Waals surface area contributed by atoms with Gasteiger partial charge in [0.1, 0.15) is 5.69 Å². The van der Waals surface area contributed by atoms with E-state index in [4.69, 9.17) is 11.6 Å². The average molecular weight is 213 g/mol. The number of fused-ring (bicyclic) bond motifs is 1. The van der Waals surface area contributed by atoms with Crippen LogP contribution in [0.1, 0.15) is 6.42 Å². The summed E-state index contributed by atoms with van der Waals surface area (Å²) in [4.78, 5) is 20.8. The molecule has 2 rings (SSSR count). The van der Waals surface area contributed by atoms with E-state index in [1.165, 1.54) is 4.90 Å². The first-order valence-electron chi connectivity index (χ1n) is 4.21. The first kappa shape index (κ1) is 9.21. The molecule has 0 aliphatic carbocycles. The van der Waals surface area contributed by atoms with Crippen molar-refractivity contribution in [2.75, 3.05) is 23.8 Å². The van der Waals surface area contributed by atoms with Gasteiger partial charge in [-0.3, -0.25) is 4.79 Å². The highest BCUT2D eigenvalue weighted by Crippen LogP contribution is 2.25. The van der Waals surface area contributed by atoms with E-state index in [1.54, 1.807) is 13.2 Å². The summed E-state index contributed by atoms with van der Waals surface area (Å²) in [5.74, 6) is 0.653. The summed E-state index contributed by atoms with van der Waals surface area (Å²) in [5, 5.41) is 3.21. The van der Waals surface area contributed by atoms with Crippen LogP contribution in [0.2, 0.25) is 5.28 Å². The van der Waals surface area contributed by atoms with Crippen LogP contribution in [0.25, 0.3) is 0 Å². The third kappa shape index (κ3) is 1.50. The molecular weight excluding hydrogens is 204 g/mol. The maximum Gasteiger partial charge on any atom is 0.228 e. The van der Waals surface area contributed by atoms with Crippen molar-refractivity contribution in [1.29, 1.82) is 0 Å². The number of nitrogens with zero attached hydrogens (tertiary/aromatic N) is 3. The number of rotatable bonds is 0. The highest BCUT2D eigenvalue weighted by atomic mass is 35.5. The summed E-state index contributed by atoms with van der Waals surface area (Å²) < 4.78 is 0. The zero-order valence-corrected chi connectivity index (χ0v) is 8.38.